The van der Waals surface area contributed by atoms with E-state index < -0.39 is 0 Å². The van der Waals surface area contributed by atoms with Crippen molar-refractivity contribution in [3.05, 3.63) is 30.2 Å². The quantitative estimate of drug-likeness (QED) is 0.825. The number of nitrogens with one attached hydrogen (secondary N) is 2. The Morgan fingerprint density at radius 2 is 2.42 bits per heavy atom. The highest BCUT2D eigenvalue weighted by Crippen LogP contribution is 2.22. The molecule has 2 aromatic heterocycles. The van der Waals surface area contributed by atoms with Crippen molar-refractivity contribution in [2.75, 3.05) is 23.3 Å². The highest BCUT2D eigenvalue weighted by Gasteiger charge is 2.26. The average molecular weight is 330 g/mol. The van der Waals surface area contributed by atoms with Crippen LogP contribution in [-0.2, 0) is 4.79 Å². The molecule has 0 bridgehead atoms. The first-order valence-electron chi connectivity index (χ1n) is 8.15. The van der Waals surface area contributed by atoms with Crippen LogP contribution in [0.4, 0.5) is 11.6 Å². The fourth-order valence-corrected chi connectivity index (χ4v) is 2.86. The molecule has 3 rings (SSSR count). The molecule has 1 fully saturated rings. The van der Waals surface area contributed by atoms with Gasteiger partial charge in [0.1, 0.15) is 5.76 Å². The second-order valence-corrected chi connectivity index (χ2v) is 6.01. The van der Waals surface area contributed by atoms with Gasteiger partial charge in [0.05, 0.1) is 6.04 Å². The zero-order chi connectivity index (χ0) is 16.9. The Morgan fingerprint density at radius 3 is 3.12 bits per heavy atom. The van der Waals surface area contributed by atoms with Crippen molar-refractivity contribution in [3.63, 3.8) is 0 Å². The van der Waals surface area contributed by atoms with Crippen molar-refractivity contribution in [2.24, 2.45) is 0 Å². The molecular weight excluding hydrogens is 308 g/mol. The number of carbonyl (C=O) groups is 1. The lowest BCUT2D eigenvalue weighted by molar-refractivity contribution is -0.117. The molecule has 1 aliphatic heterocycles. The summed E-state index contributed by atoms with van der Waals surface area (Å²) in [6.07, 6.45) is 3.85. The molecule has 1 amide bonds. The van der Waals surface area contributed by atoms with Crippen LogP contribution >= 0.6 is 0 Å². The Morgan fingerprint density at radius 1 is 1.54 bits per heavy atom. The molecule has 0 saturated carbocycles. The molecule has 2 N–H and O–H groups in total. The van der Waals surface area contributed by atoms with Gasteiger partial charge in [-0.2, -0.15) is 5.10 Å². The van der Waals surface area contributed by atoms with Crippen LogP contribution in [0, 0.1) is 6.92 Å². The smallest absolute Gasteiger partial charge is 0.242 e. The van der Waals surface area contributed by atoms with E-state index in [0.717, 1.165) is 25.2 Å². The standard InChI is InChI=1S/C16H22N6O2/c1-11-9-14(21-24-11)19-16(23)12(2)17-10-13-5-4-8-22(13)15-6-3-7-18-20-15/h3,6-7,9,12-13,17H,4-5,8,10H2,1-2H3,(H,19,21,23)/t12-,13+/m0/s1. The SMILES string of the molecule is Cc1cc(NC(=O)[C@H](C)NC[C@H]2CCCN2c2cccnn2)no1. The van der Waals surface area contributed by atoms with Gasteiger partial charge >= 0.3 is 0 Å². The number of anilines is 2. The van der Waals surface area contributed by atoms with Crippen LogP contribution in [0.3, 0.4) is 0 Å². The van der Waals surface area contributed by atoms with Crippen LogP contribution in [-0.4, -0.2) is 46.4 Å². The van der Waals surface area contributed by atoms with E-state index in [2.05, 4.69) is 30.9 Å². The summed E-state index contributed by atoms with van der Waals surface area (Å²) >= 11 is 0. The predicted octanol–water partition coefficient (Wildman–Crippen LogP) is 1.36. The Balaban J connectivity index is 1.51. The lowest BCUT2D eigenvalue weighted by atomic mass is 10.2. The van der Waals surface area contributed by atoms with Crippen molar-refractivity contribution in [1.29, 1.82) is 0 Å². The largest absolute Gasteiger partial charge is 0.360 e. The molecule has 128 valence electrons. The molecule has 0 spiro atoms. The van der Waals surface area contributed by atoms with E-state index >= 15 is 0 Å². The Kier molecular flexibility index (Phi) is 5.05. The van der Waals surface area contributed by atoms with Gasteiger partial charge in [-0.3, -0.25) is 4.79 Å². The highest BCUT2D eigenvalue weighted by atomic mass is 16.5. The summed E-state index contributed by atoms with van der Waals surface area (Å²) < 4.78 is 4.94. The lowest BCUT2D eigenvalue weighted by Gasteiger charge is -2.26. The first kappa shape index (κ1) is 16.4. The second kappa shape index (κ2) is 7.39. The Labute approximate surface area is 140 Å². The molecule has 2 aromatic rings. The maximum atomic E-state index is 12.2. The molecule has 0 unspecified atom stereocenters. The number of aromatic nitrogens is 3. The van der Waals surface area contributed by atoms with E-state index in [0.29, 0.717) is 24.2 Å². The van der Waals surface area contributed by atoms with Gasteiger partial charge in [-0.25, -0.2) is 0 Å². The molecule has 24 heavy (non-hydrogen) atoms. The van der Waals surface area contributed by atoms with Crippen LogP contribution in [0.15, 0.2) is 28.9 Å². The molecule has 3 heterocycles. The van der Waals surface area contributed by atoms with Gasteiger partial charge in [-0.15, -0.1) is 5.10 Å². The topological polar surface area (TPSA) is 96.2 Å². The Hall–Kier alpha value is -2.48. The minimum absolute atomic E-state index is 0.132. The van der Waals surface area contributed by atoms with Gasteiger partial charge in [0.2, 0.25) is 5.91 Å². The van der Waals surface area contributed by atoms with E-state index in [-0.39, 0.29) is 11.9 Å². The van der Waals surface area contributed by atoms with Gasteiger partial charge in [-0.05, 0) is 38.8 Å². The fraction of sp³-hybridized carbons (Fsp3) is 0.500. The molecule has 8 heteroatoms. The van der Waals surface area contributed by atoms with Crippen molar-refractivity contribution in [2.45, 2.75) is 38.8 Å². The third-order valence-corrected chi connectivity index (χ3v) is 4.16. The normalized spacial score (nSPS) is 18.6. The summed E-state index contributed by atoms with van der Waals surface area (Å²) in [4.78, 5) is 14.4. The van der Waals surface area contributed by atoms with Crippen molar-refractivity contribution in [3.8, 4) is 0 Å². The molecule has 2 atom stereocenters. The number of carbonyl (C=O) groups excluding carboxylic acids is 1. The lowest BCUT2D eigenvalue weighted by Crippen LogP contribution is -2.45. The van der Waals surface area contributed by atoms with E-state index in [1.165, 1.54) is 0 Å². The first-order chi connectivity index (χ1) is 11.6. The van der Waals surface area contributed by atoms with Crippen molar-refractivity contribution >= 4 is 17.5 Å². The van der Waals surface area contributed by atoms with E-state index in [1.54, 1.807) is 19.2 Å². The summed E-state index contributed by atoms with van der Waals surface area (Å²) in [5.41, 5.74) is 0. The summed E-state index contributed by atoms with van der Waals surface area (Å²) in [6.45, 7) is 5.29. The zero-order valence-corrected chi connectivity index (χ0v) is 13.9. The maximum Gasteiger partial charge on any atom is 0.242 e. The predicted molar refractivity (Wildman–Crippen MR) is 89.7 cm³/mol. The molecule has 0 radical (unpaired) electrons. The number of hydrogen-bond acceptors (Lipinski definition) is 7. The number of nitrogens with zero attached hydrogens (tertiary/aromatic N) is 4. The van der Waals surface area contributed by atoms with Gasteiger partial charge in [-0.1, -0.05) is 5.16 Å². The van der Waals surface area contributed by atoms with E-state index in [1.807, 2.05) is 19.1 Å². The Bertz CT molecular complexity index is 674. The molecule has 1 saturated heterocycles. The van der Waals surface area contributed by atoms with Crippen molar-refractivity contribution in [1.82, 2.24) is 20.7 Å². The molecule has 0 aromatic carbocycles. The van der Waals surface area contributed by atoms with Crippen molar-refractivity contribution < 1.29 is 9.32 Å². The molecule has 8 nitrogen and oxygen atoms in total. The molecular formula is C16H22N6O2. The number of amides is 1. The monoisotopic (exact) mass is 330 g/mol. The van der Waals surface area contributed by atoms with Crippen LogP contribution in [0.1, 0.15) is 25.5 Å². The fourth-order valence-electron chi connectivity index (χ4n) is 2.86. The van der Waals surface area contributed by atoms with Crippen LogP contribution < -0.4 is 15.5 Å². The summed E-state index contributed by atoms with van der Waals surface area (Å²) in [7, 11) is 0. The van der Waals surface area contributed by atoms with E-state index in [9.17, 15) is 4.79 Å². The number of aryl methyl sites for hydroxylation is 1. The molecule has 1 aliphatic rings. The van der Waals surface area contributed by atoms with Gasteiger partial charge in [0.25, 0.3) is 0 Å². The second-order valence-electron chi connectivity index (χ2n) is 6.01. The van der Waals surface area contributed by atoms with Gasteiger partial charge in [0.15, 0.2) is 11.6 Å². The third-order valence-electron chi connectivity index (χ3n) is 4.16. The van der Waals surface area contributed by atoms with Gasteiger partial charge < -0.3 is 20.1 Å². The summed E-state index contributed by atoms with van der Waals surface area (Å²) in [5.74, 6) is 1.86. The van der Waals surface area contributed by atoms with Crippen LogP contribution in [0.25, 0.3) is 0 Å². The first-order valence-corrected chi connectivity index (χ1v) is 8.15. The van der Waals surface area contributed by atoms with Crippen LogP contribution in [0.2, 0.25) is 0 Å². The van der Waals surface area contributed by atoms with E-state index in [4.69, 9.17) is 4.52 Å². The summed E-state index contributed by atoms with van der Waals surface area (Å²) in [6, 6.07) is 5.53. The minimum atomic E-state index is -0.327. The number of hydrogen-bond donors (Lipinski definition) is 2. The third kappa shape index (κ3) is 3.88. The molecule has 0 aliphatic carbocycles. The van der Waals surface area contributed by atoms with Gasteiger partial charge in [0, 0.05) is 31.4 Å². The maximum absolute atomic E-state index is 12.2. The highest BCUT2D eigenvalue weighted by molar-refractivity contribution is 5.93. The minimum Gasteiger partial charge on any atom is -0.360 e. The van der Waals surface area contributed by atoms with Crippen LogP contribution in [0.5, 0.6) is 0 Å². The number of rotatable bonds is 6. The zero-order valence-electron chi connectivity index (χ0n) is 13.9. The average Bonchev–Trinajstić information content (AvgIpc) is 3.22. The summed E-state index contributed by atoms with van der Waals surface area (Å²) in [5, 5.41) is 17.9.